The minimum absolute atomic E-state index is 0.0130. The van der Waals surface area contributed by atoms with Crippen LogP contribution in [-0.2, 0) is 11.2 Å². The lowest BCUT2D eigenvalue weighted by molar-refractivity contribution is -0.115. The Hall–Kier alpha value is -0.730. The molecule has 98 valence electrons. The maximum atomic E-state index is 11.4. The standard InChI is InChI=1S/C14H17Cl2NO/c1-4-14(2,3)13(16)9-5-8-6-12(18)17-11(8)7-10(9)15/h5,7,13H,4,6H2,1-3H3,(H,17,18). The van der Waals surface area contributed by atoms with Crippen LogP contribution in [0.25, 0.3) is 0 Å². The number of benzene rings is 1. The van der Waals surface area contributed by atoms with Crippen LogP contribution in [0.15, 0.2) is 12.1 Å². The molecule has 1 aromatic carbocycles. The van der Waals surface area contributed by atoms with Gasteiger partial charge in [-0.25, -0.2) is 0 Å². The summed E-state index contributed by atoms with van der Waals surface area (Å²) in [7, 11) is 0. The van der Waals surface area contributed by atoms with Crippen LogP contribution >= 0.6 is 23.2 Å². The minimum Gasteiger partial charge on any atom is -0.325 e. The molecule has 2 nitrogen and oxygen atoms in total. The first-order valence-electron chi connectivity index (χ1n) is 6.11. The van der Waals surface area contributed by atoms with E-state index in [4.69, 9.17) is 23.2 Å². The van der Waals surface area contributed by atoms with Crippen molar-refractivity contribution in [2.45, 2.75) is 39.0 Å². The third-order valence-corrected chi connectivity index (χ3v) is 4.87. The molecule has 1 amide bonds. The van der Waals surface area contributed by atoms with E-state index < -0.39 is 0 Å². The first kappa shape index (κ1) is 13.7. The van der Waals surface area contributed by atoms with Crippen molar-refractivity contribution in [3.05, 3.63) is 28.3 Å². The van der Waals surface area contributed by atoms with Crippen molar-refractivity contribution < 1.29 is 4.79 Å². The van der Waals surface area contributed by atoms with E-state index in [2.05, 4.69) is 26.1 Å². The van der Waals surface area contributed by atoms with Crippen molar-refractivity contribution in [2.24, 2.45) is 5.41 Å². The number of halogens is 2. The summed E-state index contributed by atoms with van der Waals surface area (Å²) < 4.78 is 0. The number of rotatable bonds is 3. The number of hydrogen-bond acceptors (Lipinski definition) is 1. The molecule has 0 radical (unpaired) electrons. The van der Waals surface area contributed by atoms with Gasteiger partial charge in [-0.15, -0.1) is 11.6 Å². The van der Waals surface area contributed by atoms with Crippen LogP contribution in [0.5, 0.6) is 0 Å². The fourth-order valence-electron chi connectivity index (χ4n) is 2.06. The second-order valence-corrected chi connectivity index (χ2v) is 6.30. The SMILES string of the molecule is CCC(C)(C)C(Cl)c1cc2c(cc1Cl)NC(=O)C2. The zero-order chi connectivity index (χ0) is 13.5. The van der Waals surface area contributed by atoms with E-state index in [1.807, 2.05) is 6.07 Å². The monoisotopic (exact) mass is 285 g/mol. The Morgan fingerprint density at radius 3 is 2.72 bits per heavy atom. The van der Waals surface area contributed by atoms with Crippen LogP contribution in [0, 0.1) is 5.41 Å². The quantitative estimate of drug-likeness (QED) is 0.811. The number of nitrogens with one attached hydrogen (secondary N) is 1. The maximum Gasteiger partial charge on any atom is 0.228 e. The Morgan fingerprint density at radius 2 is 2.11 bits per heavy atom. The number of carbonyl (C=O) groups is 1. The van der Waals surface area contributed by atoms with Crippen molar-refractivity contribution in [2.75, 3.05) is 5.32 Å². The molecule has 0 saturated heterocycles. The average molecular weight is 286 g/mol. The highest BCUT2D eigenvalue weighted by molar-refractivity contribution is 6.33. The maximum absolute atomic E-state index is 11.4. The minimum atomic E-state index is -0.156. The number of amides is 1. The summed E-state index contributed by atoms with van der Waals surface area (Å²) in [5.74, 6) is 0.0130. The number of hydrogen-bond donors (Lipinski definition) is 1. The van der Waals surface area contributed by atoms with Gasteiger partial charge in [-0.2, -0.15) is 0 Å². The van der Waals surface area contributed by atoms with Crippen LogP contribution < -0.4 is 5.32 Å². The lowest BCUT2D eigenvalue weighted by atomic mass is 9.82. The molecule has 1 N–H and O–H groups in total. The van der Waals surface area contributed by atoms with Gasteiger partial charge in [0.1, 0.15) is 0 Å². The third kappa shape index (κ3) is 2.36. The van der Waals surface area contributed by atoms with Crippen LogP contribution in [0.2, 0.25) is 5.02 Å². The molecule has 0 spiro atoms. The molecule has 1 atom stereocenters. The second kappa shape index (κ2) is 4.75. The van der Waals surface area contributed by atoms with E-state index in [1.54, 1.807) is 6.07 Å². The summed E-state index contributed by atoms with van der Waals surface area (Å²) in [6.07, 6.45) is 1.38. The number of carbonyl (C=O) groups excluding carboxylic acids is 1. The molecule has 1 aliphatic heterocycles. The summed E-state index contributed by atoms with van der Waals surface area (Å²) >= 11 is 12.8. The highest BCUT2D eigenvalue weighted by atomic mass is 35.5. The summed E-state index contributed by atoms with van der Waals surface area (Å²) in [6.45, 7) is 6.36. The highest BCUT2D eigenvalue weighted by Gasteiger charge is 2.30. The fraction of sp³-hybridized carbons (Fsp3) is 0.500. The molecule has 1 heterocycles. The first-order valence-corrected chi connectivity index (χ1v) is 6.93. The zero-order valence-electron chi connectivity index (χ0n) is 10.8. The van der Waals surface area contributed by atoms with Crippen molar-refractivity contribution in [3.63, 3.8) is 0 Å². The number of anilines is 1. The van der Waals surface area contributed by atoms with Crippen LogP contribution in [0.1, 0.15) is 43.7 Å². The van der Waals surface area contributed by atoms with Gasteiger partial charge >= 0.3 is 0 Å². The molecule has 4 heteroatoms. The van der Waals surface area contributed by atoms with Gasteiger partial charge < -0.3 is 5.32 Å². The number of fused-ring (bicyclic) bond motifs is 1. The Labute approximate surface area is 118 Å². The highest BCUT2D eigenvalue weighted by Crippen LogP contribution is 2.45. The molecule has 0 bridgehead atoms. The molecule has 18 heavy (non-hydrogen) atoms. The summed E-state index contributed by atoms with van der Waals surface area (Å²) in [4.78, 5) is 11.4. The smallest absolute Gasteiger partial charge is 0.228 e. The predicted octanol–water partition coefficient (Wildman–Crippen LogP) is 4.55. The molecule has 0 aliphatic carbocycles. The Kier molecular flexibility index (Phi) is 3.61. The molecule has 0 aromatic heterocycles. The van der Waals surface area contributed by atoms with Gasteiger partial charge in [0.25, 0.3) is 0 Å². The third-order valence-electron chi connectivity index (χ3n) is 3.72. The molecule has 1 unspecified atom stereocenters. The van der Waals surface area contributed by atoms with Crippen molar-refractivity contribution >= 4 is 34.8 Å². The average Bonchev–Trinajstić information content (AvgIpc) is 2.66. The molecular formula is C14H17Cl2NO. The van der Waals surface area contributed by atoms with Gasteiger partial charge in [0.05, 0.1) is 11.8 Å². The van der Waals surface area contributed by atoms with Gasteiger partial charge in [0.15, 0.2) is 0 Å². The fourth-order valence-corrected chi connectivity index (χ4v) is 2.73. The lowest BCUT2D eigenvalue weighted by Crippen LogP contribution is -2.17. The summed E-state index contributed by atoms with van der Waals surface area (Å²) in [6, 6.07) is 3.77. The predicted molar refractivity (Wildman–Crippen MR) is 76.5 cm³/mol. The van der Waals surface area contributed by atoms with Gasteiger partial charge in [0, 0.05) is 10.7 Å². The summed E-state index contributed by atoms with van der Waals surface area (Å²) in [5.41, 5.74) is 2.68. The van der Waals surface area contributed by atoms with Gasteiger partial charge in [-0.3, -0.25) is 4.79 Å². The number of alkyl halides is 1. The van der Waals surface area contributed by atoms with Crippen molar-refractivity contribution in [3.8, 4) is 0 Å². The van der Waals surface area contributed by atoms with E-state index in [0.717, 1.165) is 23.2 Å². The molecule has 2 rings (SSSR count). The zero-order valence-corrected chi connectivity index (χ0v) is 12.3. The van der Waals surface area contributed by atoms with E-state index >= 15 is 0 Å². The normalized spacial score (nSPS) is 16.4. The van der Waals surface area contributed by atoms with Crippen LogP contribution in [0.3, 0.4) is 0 Å². The van der Waals surface area contributed by atoms with Gasteiger partial charge in [-0.05, 0) is 29.0 Å². The van der Waals surface area contributed by atoms with Gasteiger partial charge in [-0.1, -0.05) is 38.4 Å². The van der Waals surface area contributed by atoms with Gasteiger partial charge in [0.2, 0.25) is 5.91 Å². The molecule has 0 fully saturated rings. The Bertz CT molecular complexity index is 497. The topological polar surface area (TPSA) is 29.1 Å². The Balaban J connectivity index is 2.41. The Morgan fingerprint density at radius 1 is 1.44 bits per heavy atom. The molecule has 1 aliphatic rings. The first-order chi connectivity index (χ1) is 8.35. The summed E-state index contributed by atoms with van der Waals surface area (Å²) in [5, 5.41) is 3.26. The molecule has 0 saturated carbocycles. The largest absolute Gasteiger partial charge is 0.325 e. The van der Waals surface area contributed by atoms with E-state index in [0.29, 0.717) is 11.4 Å². The van der Waals surface area contributed by atoms with Crippen LogP contribution in [0.4, 0.5) is 5.69 Å². The van der Waals surface area contributed by atoms with Crippen LogP contribution in [-0.4, -0.2) is 5.91 Å². The lowest BCUT2D eigenvalue weighted by Gasteiger charge is -2.29. The van der Waals surface area contributed by atoms with E-state index in [1.165, 1.54) is 0 Å². The second-order valence-electron chi connectivity index (χ2n) is 5.46. The molecular weight excluding hydrogens is 269 g/mol. The van der Waals surface area contributed by atoms with Crippen molar-refractivity contribution in [1.82, 2.24) is 0 Å². The van der Waals surface area contributed by atoms with E-state index in [-0.39, 0.29) is 16.7 Å². The molecule has 1 aromatic rings. The van der Waals surface area contributed by atoms with Crippen molar-refractivity contribution in [1.29, 1.82) is 0 Å². The van der Waals surface area contributed by atoms with E-state index in [9.17, 15) is 4.79 Å².